The van der Waals surface area contributed by atoms with E-state index in [0.29, 0.717) is 0 Å². The van der Waals surface area contributed by atoms with Crippen LogP contribution in [0.1, 0.15) is 30.9 Å². The molecule has 20 heavy (non-hydrogen) atoms. The molecule has 0 saturated heterocycles. The Balaban J connectivity index is 2.12. The van der Waals surface area contributed by atoms with E-state index in [-0.39, 0.29) is 0 Å². The van der Waals surface area contributed by atoms with Crippen LogP contribution in [0.2, 0.25) is 0 Å². The number of hydrogen-bond donors (Lipinski definition) is 0. The number of unbranched alkanes of at least 4 members (excludes halogenated alkanes) is 1. The van der Waals surface area contributed by atoms with Gasteiger partial charge in [0, 0.05) is 0 Å². The fourth-order valence-electron chi connectivity index (χ4n) is 3.02. The summed E-state index contributed by atoms with van der Waals surface area (Å²) in [5, 5.41) is 0. The number of hydrogen-bond acceptors (Lipinski definition) is 0. The second kappa shape index (κ2) is 7.60. The predicted molar refractivity (Wildman–Crippen MR) is 94.3 cm³/mol. The summed E-state index contributed by atoms with van der Waals surface area (Å²) in [4.78, 5) is 0. The first-order chi connectivity index (χ1) is 9.72. The Hall–Kier alpha value is -1.13. The third-order valence-corrected chi connectivity index (χ3v) is 8.17. The Morgan fingerprint density at radius 2 is 1.20 bits per heavy atom. The van der Waals surface area contributed by atoms with Crippen LogP contribution in [0.25, 0.3) is 0 Å². The van der Waals surface area contributed by atoms with Gasteiger partial charge in [-0.25, -0.2) is 0 Å². The van der Waals surface area contributed by atoms with E-state index in [1.165, 1.54) is 42.5 Å². The van der Waals surface area contributed by atoms with Crippen LogP contribution in [0.3, 0.4) is 0 Å². The van der Waals surface area contributed by atoms with E-state index in [1.54, 1.807) is 0 Å². The van der Waals surface area contributed by atoms with E-state index in [2.05, 4.69) is 74.3 Å². The van der Waals surface area contributed by atoms with Crippen LogP contribution in [-0.2, 0) is 12.3 Å². The molecule has 0 spiro atoms. The van der Waals surface area contributed by atoms with Gasteiger partial charge in [-0.15, -0.1) is 0 Å². The molecule has 2 aromatic rings. The summed E-state index contributed by atoms with van der Waals surface area (Å²) in [7, 11) is -1.25. The van der Waals surface area contributed by atoms with Crippen LogP contribution in [0, 0.1) is 0 Å². The number of rotatable bonds is 7. The molecular weight excluding hydrogens is 259 g/mol. The van der Waals surface area contributed by atoms with Gasteiger partial charge in [-0.1, -0.05) is 0 Å². The molecule has 0 N–H and O–H groups in total. The van der Waals surface area contributed by atoms with Gasteiger partial charge in [-0.2, -0.15) is 0 Å². The summed E-state index contributed by atoms with van der Waals surface area (Å²) in [6, 6.07) is 22.1. The van der Waals surface area contributed by atoms with Crippen molar-refractivity contribution in [1.82, 2.24) is 0 Å². The molecule has 0 aliphatic heterocycles. The van der Waals surface area contributed by atoms with Crippen LogP contribution in [0.4, 0.5) is 0 Å². The van der Waals surface area contributed by atoms with Crippen LogP contribution in [0.5, 0.6) is 0 Å². The van der Waals surface area contributed by atoms with Gasteiger partial charge < -0.3 is 0 Å². The van der Waals surface area contributed by atoms with Gasteiger partial charge in [-0.3, -0.25) is 0 Å². The maximum absolute atomic E-state index is 2.59. The molecule has 2 aromatic carbocycles. The average molecular weight is 286 g/mol. The summed E-state index contributed by atoms with van der Waals surface area (Å²) < 4.78 is 0. The standard InChI is InChI=1S/C19H27P/c1-3-4-15-20(2,16-18-11-7-5-8-12-18)17-19-13-9-6-10-14-19/h5-14,20H,3-4,15-17H2,1-2H3. The van der Waals surface area contributed by atoms with E-state index < -0.39 is 7.26 Å². The summed E-state index contributed by atoms with van der Waals surface area (Å²) >= 11 is 0. The van der Waals surface area contributed by atoms with Gasteiger partial charge in [0.05, 0.1) is 0 Å². The first-order valence-corrected chi connectivity index (χ1v) is 10.9. The molecule has 0 aliphatic carbocycles. The van der Waals surface area contributed by atoms with Crippen molar-refractivity contribution < 1.29 is 0 Å². The van der Waals surface area contributed by atoms with Crippen LogP contribution in [0.15, 0.2) is 60.7 Å². The molecule has 0 aromatic heterocycles. The van der Waals surface area contributed by atoms with Crippen molar-refractivity contribution >= 4 is 7.26 Å². The Kier molecular flexibility index (Phi) is 5.80. The second-order valence-electron chi connectivity index (χ2n) is 6.24. The van der Waals surface area contributed by atoms with Gasteiger partial charge in [0.15, 0.2) is 0 Å². The summed E-state index contributed by atoms with van der Waals surface area (Å²) in [5.41, 5.74) is 3.04. The van der Waals surface area contributed by atoms with Gasteiger partial charge in [0.1, 0.15) is 0 Å². The fraction of sp³-hybridized carbons (Fsp3) is 0.368. The Bertz CT molecular complexity index is 448. The Labute approximate surface area is 124 Å². The summed E-state index contributed by atoms with van der Waals surface area (Å²) in [6.07, 6.45) is 6.74. The van der Waals surface area contributed by atoms with E-state index in [0.717, 1.165) is 0 Å². The molecule has 0 bridgehead atoms. The third-order valence-electron chi connectivity index (χ3n) is 4.08. The van der Waals surface area contributed by atoms with Gasteiger partial charge in [0.25, 0.3) is 0 Å². The van der Waals surface area contributed by atoms with Crippen LogP contribution >= 0.6 is 7.26 Å². The molecule has 0 atom stereocenters. The molecule has 0 amide bonds. The van der Waals surface area contributed by atoms with Gasteiger partial charge >= 0.3 is 124 Å². The van der Waals surface area contributed by atoms with E-state index in [1.807, 2.05) is 0 Å². The van der Waals surface area contributed by atoms with Gasteiger partial charge in [0.2, 0.25) is 0 Å². The second-order valence-corrected chi connectivity index (χ2v) is 11.1. The topological polar surface area (TPSA) is 0 Å². The molecule has 108 valence electrons. The zero-order valence-electron chi connectivity index (χ0n) is 12.8. The average Bonchev–Trinajstić information content (AvgIpc) is 2.47. The van der Waals surface area contributed by atoms with E-state index in [9.17, 15) is 0 Å². The van der Waals surface area contributed by atoms with Crippen molar-refractivity contribution in [3.8, 4) is 0 Å². The van der Waals surface area contributed by atoms with Crippen LogP contribution < -0.4 is 0 Å². The first-order valence-electron chi connectivity index (χ1n) is 7.80. The maximum atomic E-state index is 2.59. The van der Waals surface area contributed by atoms with Gasteiger partial charge in [-0.05, 0) is 0 Å². The quantitative estimate of drug-likeness (QED) is 0.584. The molecule has 0 unspecified atom stereocenters. The molecule has 0 heterocycles. The molecule has 0 fully saturated rings. The van der Waals surface area contributed by atoms with Crippen molar-refractivity contribution in [2.24, 2.45) is 0 Å². The molecule has 0 aliphatic rings. The monoisotopic (exact) mass is 286 g/mol. The van der Waals surface area contributed by atoms with Crippen molar-refractivity contribution in [2.75, 3.05) is 12.8 Å². The molecule has 2 rings (SSSR count). The molecule has 1 heteroatoms. The predicted octanol–water partition coefficient (Wildman–Crippen LogP) is 5.57. The minimum atomic E-state index is -1.25. The molecule has 0 nitrogen and oxygen atoms in total. The Morgan fingerprint density at radius 3 is 1.60 bits per heavy atom. The van der Waals surface area contributed by atoms with Crippen molar-refractivity contribution in [2.45, 2.75) is 32.1 Å². The summed E-state index contributed by atoms with van der Waals surface area (Å²) in [5.74, 6) is 0. The Morgan fingerprint density at radius 1 is 0.750 bits per heavy atom. The van der Waals surface area contributed by atoms with Crippen molar-refractivity contribution in [3.63, 3.8) is 0 Å². The van der Waals surface area contributed by atoms with Crippen LogP contribution in [-0.4, -0.2) is 12.8 Å². The van der Waals surface area contributed by atoms with Crippen molar-refractivity contribution in [3.05, 3.63) is 71.8 Å². The first kappa shape index (κ1) is 15.3. The normalized spacial score (nSPS) is 12.3. The zero-order valence-corrected chi connectivity index (χ0v) is 13.8. The van der Waals surface area contributed by atoms with E-state index >= 15 is 0 Å². The molecule has 0 saturated carbocycles. The SMILES string of the molecule is CCCC[PH](C)(Cc1ccccc1)Cc1ccccc1. The number of benzene rings is 2. The minimum absolute atomic E-state index is 1.25. The van der Waals surface area contributed by atoms with E-state index in [4.69, 9.17) is 0 Å². The third kappa shape index (κ3) is 4.76. The molecular formula is C19H27P. The van der Waals surface area contributed by atoms with Crippen molar-refractivity contribution in [1.29, 1.82) is 0 Å². The molecule has 0 radical (unpaired) electrons. The zero-order chi connectivity index (χ0) is 14.3. The fourth-order valence-corrected chi connectivity index (χ4v) is 7.15. The summed E-state index contributed by atoms with van der Waals surface area (Å²) in [6.45, 7) is 4.89.